The first-order valence-corrected chi connectivity index (χ1v) is 7.37. The zero-order valence-corrected chi connectivity index (χ0v) is 12.5. The highest BCUT2D eigenvalue weighted by Crippen LogP contribution is 2.10. The van der Waals surface area contributed by atoms with Gasteiger partial charge in [-0.15, -0.1) is 5.10 Å². The van der Waals surface area contributed by atoms with Crippen molar-refractivity contribution in [3.63, 3.8) is 0 Å². The lowest BCUT2D eigenvalue weighted by Crippen LogP contribution is -2.45. The molecule has 0 aromatic carbocycles. The second-order valence-corrected chi connectivity index (χ2v) is 5.30. The summed E-state index contributed by atoms with van der Waals surface area (Å²) in [5.41, 5.74) is 0.885. The van der Waals surface area contributed by atoms with Gasteiger partial charge >= 0.3 is 0 Å². The molecular weight excluding hydrogens is 272 g/mol. The molecule has 1 aromatic rings. The van der Waals surface area contributed by atoms with Gasteiger partial charge < -0.3 is 15.7 Å². The van der Waals surface area contributed by atoms with Gasteiger partial charge in [-0.05, 0) is 12.8 Å². The molecule has 2 heterocycles. The van der Waals surface area contributed by atoms with Crippen LogP contribution in [-0.2, 0) is 17.9 Å². The molecule has 1 aromatic heterocycles. The lowest BCUT2D eigenvalue weighted by Gasteiger charge is -2.31. The predicted molar refractivity (Wildman–Crippen MR) is 77.5 cm³/mol. The molecule has 2 rings (SSSR count). The topological polar surface area (TPSA) is 95.3 Å². The minimum absolute atomic E-state index is 0.0695. The summed E-state index contributed by atoms with van der Waals surface area (Å²) in [5.74, 6) is 0.0712. The fourth-order valence-corrected chi connectivity index (χ4v) is 2.46. The van der Waals surface area contributed by atoms with Crippen LogP contribution in [0.25, 0.3) is 0 Å². The molecule has 118 valence electrons. The highest BCUT2D eigenvalue weighted by atomic mass is 16.3. The highest BCUT2D eigenvalue weighted by Gasteiger charge is 2.20. The monoisotopic (exact) mass is 296 g/mol. The molecule has 1 aliphatic heterocycles. The van der Waals surface area contributed by atoms with Crippen LogP contribution in [0.5, 0.6) is 0 Å². The van der Waals surface area contributed by atoms with Gasteiger partial charge in [0.15, 0.2) is 0 Å². The van der Waals surface area contributed by atoms with Crippen molar-refractivity contribution < 1.29 is 9.90 Å². The van der Waals surface area contributed by atoms with Crippen molar-refractivity contribution in [3.05, 3.63) is 11.9 Å². The van der Waals surface area contributed by atoms with Crippen LogP contribution in [-0.4, -0.2) is 70.2 Å². The molecule has 0 radical (unpaired) electrons. The van der Waals surface area contributed by atoms with Crippen LogP contribution in [0.15, 0.2) is 6.20 Å². The second kappa shape index (κ2) is 8.06. The van der Waals surface area contributed by atoms with E-state index in [1.807, 2.05) is 6.20 Å². The van der Waals surface area contributed by atoms with Gasteiger partial charge in [-0.3, -0.25) is 9.69 Å². The van der Waals surface area contributed by atoms with Gasteiger partial charge in [-0.1, -0.05) is 5.21 Å². The van der Waals surface area contributed by atoms with Gasteiger partial charge in [0, 0.05) is 38.9 Å². The zero-order valence-electron chi connectivity index (χ0n) is 12.5. The van der Waals surface area contributed by atoms with Gasteiger partial charge in [0.2, 0.25) is 5.91 Å². The first kappa shape index (κ1) is 15.9. The average molecular weight is 296 g/mol. The van der Waals surface area contributed by atoms with Crippen molar-refractivity contribution in [3.8, 4) is 0 Å². The first-order chi connectivity index (χ1) is 10.2. The highest BCUT2D eigenvalue weighted by molar-refractivity contribution is 5.77. The summed E-state index contributed by atoms with van der Waals surface area (Å²) >= 11 is 0. The van der Waals surface area contributed by atoms with E-state index in [0.29, 0.717) is 25.7 Å². The molecule has 8 nitrogen and oxygen atoms in total. The normalized spacial score (nSPS) is 17.0. The number of aliphatic hydroxyl groups is 1. The Morgan fingerprint density at radius 1 is 1.48 bits per heavy atom. The van der Waals surface area contributed by atoms with Crippen LogP contribution in [0.2, 0.25) is 0 Å². The Kier molecular flexibility index (Phi) is 6.09. The van der Waals surface area contributed by atoms with E-state index >= 15 is 0 Å². The molecule has 0 atom stereocenters. The molecule has 0 unspecified atom stereocenters. The summed E-state index contributed by atoms with van der Waals surface area (Å²) in [6, 6.07) is 0.453. The SMILES string of the molecule is CNC(=O)CN1CCC(NCc2cn(CCO)nn2)CC1. The quantitative estimate of drug-likeness (QED) is 0.571. The molecular formula is C13H24N6O2. The van der Waals surface area contributed by atoms with E-state index in [1.54, 1.807) is 11.7 Å². The molecule has 1 fully saturated rings. The Balaban J connectivity index is 1.67. The molecule has 0 saturated carbocycles. The standard InChI is InChI=1S/C13H24N6O2/c1-14-13(21)10-18-4-2-11(3-5-18)15-8-12-9-19(6-7-20)17-16-12/h9,11,15,20H,2-8,10H2,1H3,(H,14,21). The summed E-state index contributed by atoms with van der Waals surface area (Å²) in [6.45, 7) is 3.58. The third-order valence-corrected chi connectivity index (χ3v) is 3.72. The van der Waals surface area contributed by atoms with Crippen molar-refractivity contribution in [2.75, 3.05) is 33.3 Å². The Hall–Kier alpha value is -1.51. The fourth-order valence-electron chi connectivity index (χ4n) is 2.46. The average Bonchev–Trinajstić information content (AvgIpc) is 2.94. The molecule has 1 aliphatic rings. The smallest absolute Gasteiger partial charge is 0.233 e. The fraction of sp³-hybridized carbons (Fsp3) is 0.769. The van der Waals surface area contributed by atoms with Gasteiger partial charge in [0.05, 0.1) is 25.4 Å². The molecule has 8 heteroatoms. The van der Waals surface area contributed by atoms with Gasteiger partial charge in [0.1, 0.15) is 0 Å². The van der Waals surface area contributed by atoms with E-state index < -0.39 is 0 Å². The lowest BCUT2D eigenvalue weighted by molar-refractivity contribution is -0.122. The number of likely N-dealkylation sites (N-methyl/N-ethyl adjacent to an activating group) is 1. The summed E-state index contributed by atoms with van der Waals surface area (Å²) in [7, 11) is 1.67. The number of carbonyl (C=O) groups is 1. The Labute approximate surface area is 124 Å². The van der Waals surface area contributed by atoms with E-state index in [0.717, 1.165) is 31.6 Å². The number of carbonyl (C=O) groups excluding carboxylic acids is 1. The van der Waals surface area contributed by atoms with E-state index in [-0.39, 0.29) is 12.5 Å². The summed E-state index contributed by atoms with van der Waals surface area (Å²) in [5, 5.41) is 23.0. The number of piperidine rings is 1. The lowest BCUT2D eigenvalue weighted by atomic mass is 10.0. The molecule has 0 aliphatic carbocycles. The first-order valence-electron chi connectivity index (χ1n) is 7.37. The minimum atomic E-state index is 0.0695. The molecule has 21 heavy (non-hydrogen) atoms. The van der Waals surface area contributed by atoms with E-state index in [9.17, 15) is 4.79 Å². The third kappa shape index (κ3) is 5.07. The van der Waals surface area contributed by atoms with Crippen molar-refractivity contribution in [1.29, 1.82) is 0 Å². The molecule has 0 spiro atoms. The van der Waals surface area contributed by atoms with Gasteiger partial charge in [0.25, 0.3) is 0 Å². The number of hydrogen-bond acceptors (Lipinski definition) is 6. The summed E-state index contributed by atoms with van der Waals surface area (Å²) in [6.07, 6.45) is 3.91. The van der Waals surface area contributed by atoms with Crippen LogP contribution in [0.1, 0.15) is 18.5 Å². The summed E-state index contributed by atoms with van der Waals surface area (Å²) in [4.78, 5) is 13.5. The molecule has 1 amide bonds. The Morgan fingerprint density at radius 2 is 2.24 bits per heavy atom. The number of aromatic nitrogens is 3. The van der Waals surface area contributed by atoms with Crippen molar-refractivity contribution in [1.82, 2.24) is 30.5 Å². The maximum absolute atomic E-state index is 11.3. The van der Waals surface area contributed by atoms with E-state index in [2.05, 4.69) is 25.8 Å². The van der Waals surface area contributed by atoms with Crippen LogP contribution in [0.4, 0.5) is 0 Å². The molecule has 1 saturated heterocycles. The largest absolute Gasteiger partial charge is 0.394 e. The number of nitrogens with one attached hydrogen (secondary N) is 2. The zero-order chi connectivity index (χ0) is 15.1. The number of aliphatic hydroxyl groups excluding tert-OH is 1. The van der Waals surface area contributed by atoms with Crippen LogP contribution < -0.4 is 10.6 Å². The van der Waals surface area contributed by atoms with Crippen LogP contribution in [0.3, 0.4) is 0 Å². The number of amides is 1. The van der Waals surface area contributed by atoms with Crippen LogP contribution >= 0.6 is 0 Å². The maximum Gasteiger partial charge on any atom is 0.233 e. The van der Waals surface area contributed by atoms with E-state index in [4.69, 9.17) is 5.11 Å². The van der Waals surface area contributed by atoms with Crippen molar-refractivity contribution in [2.24, 2.45) is 0 Å². The predicted octanol–water partition coefficient (Wildman–Crippen LogP) is -1.43. The van der Waals surface area contributed by atoms with Gasteiger partial charge in [-0.2, -0.15) is 0 Å². The number of rotatable bonds is 7. The Bertz CT molecular complexity index is 442. The number of likely N-dealkylation sites (tertiary alicyclic amines) is 1. The Morgan fingerprint density at radius 3 is 2.90 bits per heavy atom. The second-order valence-electron chi connectivity index (χ2n) is 5.30. The van der Waals surface area contributed by atoms with Gasteiger partial charge in [-0.25, -0.2) is 4.68 Å². The van der Waals surface area contributed by atoms with Crippen molar-refractivity contribution >= 4 is 5.91 Å². The van der Waals surface area contributed by atoms with Crippen LogP contribution in [0, 0.1) is 0 Å². The molecule has 3 N–H and O–H groups in total. The minimum Gasteiger partial charge on any atom is -0.394 e. The van der Waals surface area contributed by atoms with E-state index in [1.165, 1.54) is 0 Å². The number of hydrogen-bond donors (Lipinski definition) is 3. The van der Waals surface area contributed by atoms with Crippen molar-refractivity contribution in [2.45, 2.75) is 32.0 Å². The third-order valence-electron chi connectivity index (χ3n) is 3.72. The summed E-state index contributed by atoms with van der Waals surface area (Å²) < 4.78 is 1.64. The number of nitrogens with zero attached hydrogens (tertiary/aromatic N) is 4. The molecule has 0 bridgehead atoms. The maximum atomic E-state index is 11.3.